The molecule has 0 heterocycles. The molecule has 62 valence electrons. The van der Waals surface area contributed by atoms with Gasteiger partial charge in [0, 0.05) is 0 Å². The highest BCUT2D eigenvalue weighted by molar-refractivity contribution is 4.69. The maximum absolute atomic E-state index is 9.11. The van der Waals surface area contributed by atoms with Gasteiger partial charge in [0.1, 0.15) is 0 Å². The molecule has 0 spiro atoms. The lowest BCUT2D eigenvalue weighted by Crippen LogP contribution is -2.38. The third kappa shape index (κ3) is 3.79. The minimum Gasteiger partial charge on any atom is -0.395 e. The SMILES string of the molecule is NCCCC(O)C(N)CO. The second-order valence-corrected chi connectivity index (χ2v) is 2.34. The molecule has 0 aliphatic rings. The van der Waals surface area contributed by atoms with Crippen LogP contribution in [-0.4, -0.2) is 35.5 Å². The van der Waals surface area contributed by atoms with Gasteiger partial charge in [0.15, 0.2) is 0 Å². The average molecular weight is 148 g/mol. The Balaban J connectivity index is 3.31. The Hall–Kier alpha value is -0.160. The minimum atomic E-state index is -0.617. The molecule has 0 aromatic heterocycles. The first-order chi connectivity index (χ1) is 4.72. The molecular formula is C6H16N2O2. The van der Waals surface area contributed by atoms with E-state index in [1.165, 1.54) is 0 Å². The average Bonchev–Trinajstić information content (AvgIpc) is 1.98. The minimum absolute atomic E-state index is 0.175. The normalized spacial score (nSPS) is 16.8. The zero-order valence-corrected chi connectivity index (χ0v) is 6.03. The highest BCUT2D eigenvalue weighted by atomic mass is 16.3. The second-order valence-electron chi connectivity index (χ2n) is 2.34. The van der Waals surface area contributed by atoms with Gasteiger partial charge in [0.2, 0.25) is 0 Å². The van der Waals surface area contributed by atoms with Crippen LogP contribution in [0.25, 0.3) is 0 Å². The number of aliphatic hydroxyl groups excluding tert-OH is 2. The summed E-state index contributed by atoms with van der Waals surface area (Å²) in [5.74, 6) is 0. The van der Waals surface area contributed by atoms with E-state index < -0.39 is 12.1 Å². The Morgan fingerprint density at radius 1 is 1.40 bits per heavy atom. The van der Waals surface area contributed by atoms with Gasteiger partial charge in [-0.15, -0.1) is 0 Å². The van der Waals surface area contributed by atoms with Crippen molar-refractivity contribution >= 4 is 0 Å². The molecule has 0 aliphatic carbocycles. The maximum Gasteiger partial charge on any atom is 0.0714 e. The zero-order chi connectivity index (χ0) is 7.98. The lowest BCUT2D eigenvalue weighted by molar-refractivity contribution is 0.100. The molecule has 2 atom stereocenters. The molecular weight excluding hydrogens is 132 g/mol. The molecule has 0 saturated carbocycles. The van der Waals surface area contributed by atoms with Crippen LogP contribution in [0.1, 0.15) is 12.8 Å². The van der Waals surface area contributed by atoms with Gasteiger partial charge >= 0.3 is 0 Å². The number of hydrogen-bond acceptors (Lipinski definition) is 4. The van der Waals surface area contributed by atoms with Crippen molar-refractivity contribution in [1.29, 1.82) is 0 Å². The molecule has 0 saturated heterocycles. The molecule has 0 aromatic carbocycles. The topological polar surface area (TPSA) is 92.5 Å². The summed E-state index contributed by atoms with van der Waals surface area (Å²) in [6.45, 7) is 0.376. The summed E-state index contributed by atoms with van der Waals surface area (Å²) in [5.41, 5.74) is 10.5. The van der Waals surface area contributed by atoms with Gasteiger partial charge in [-0.05, 0) is 19.4 Å². The van der Waals surface area contributed by atoms with E-state index in [1.807, 2.05) is 0 Å². The van der Waals surface area contributed by atoms with Crippen LogP contribution in [0.5, 0.6) is 0 Å². The molecule has 4 heteroatoms. The van der Waals surface area contributed by atoms with Crippen LogP contribution in [0.3, 0.4) is 0 Å². The van der Waals surface area contributed by atoms with Gasteiger partial charge in [0.25, 0.3) is 0 Å². The lowest BCUT2D eigenvalue weighted by atomic mass is 10.1. The van der Waals surface area contributed by atoms with Crippen molar-refractivity contribution < 1.29 is 10.2 Å². The van der Waals surface area contributed by atoms with Crippen molar-refractivity contribution in [3.8, 4) is 0 Å². The van der Waals surface area contributed by atoms with Gasteiger partial charge in [-0.1, -0.05) is 0 Å². The van der Waals surface area contributed by atoms with Crippen LogP contribution >= 0.6 is 0 Å². The van der Waals surface area contributed by atoms with E-state index in [0.717, 1.165) is 6.42 Å². The smallest absolute Gasteiger partial charge is 0.0714 e. The van der Waals surface area contributed by atoms with E-state index in [2.05, 4.69) is 0 Å². The summed E-state index contributed by atoms with van der Waals surface area (Å²) < 4.78 is 0. The summed E-state index contributed by atoms with van der Waals surface area (Å²) in [6.07, 6.45) is 0.696. The largest absolute Gasteiger partial charge is 0.395 e. The van der Waals surface area contributed by atoms with E-state index in [9.17, 15) is 0 Å². The lowest BCUT2D eigenvalue weighted by Gasteiger charge is -2.15. The van der Waals surface area contributed by atoms with Crippen LogP contribution in [0.4, 0.5) is 0 Å². The molecule has 2 unspecified atom stereocenters. The summed E-state index contributed by atoms with van der Waals surface area (Å²) in [4.78, 5) is 0. The zero-order valence-electron chi connectivity index (χ0n) is 6.03. The molecule has 0 aliphatic heterocycles. The summed E-state index contributed by atoms with van der Waals surface area (Å²) in [5, 5.41) is 17.6. The van der Waals surface area contributed by atoms with E-state index in [4.69, 9.17) is 21.7 Å². The molecule has 0 rings (SSSR count). The molecule has 0 radical (unpaired) electrons. The molecule has 6 N–H and O–H groups in total. The first-order valence-corrected chi connectivity index (χ1v) is 3.47. The third-order valence-corrected chi connectivity index (χ3v) is 1.41. The Morgan fingerprint density at radius 3 is 2.40 bits per heavy atom. The van der Waals surface area contributed by atoms with E-state index in [0.29, 0.717) is 13.0 Å². The molecule has 0 amide bonds. The Morgan fingerprint density at radius 2 is 2.00 bits per heavy atom. The predicted octanol–water partition coefficient (Wildman–Crippen LogP) is -1.59. The standard InChI is InChI=1S/C6H16N2O2/c7-3-1-2-6(10)5(8)4-9/h5-6,9-10H,1-4,7-8H2. The third-order valence-electron chi connectivity index (χ3n) is 1.41. The van der Waals surface area contributed by atoms with Crippen molar-refractivity contribution in [2.75, 3.05) is 13.2 Å². The fourth-order valence-corrected chi connectivity index (χ4v) is 0.663. The molecule has 4 nitrogen and oxygen atoms in total. The fourth-order valence-electron chi connectivity index (χ4n) is 0.663. The summed E-state index contributed by atoms with van der Waals surface area (Å²) >= 11 is 0. The van der Waals surface area contributed by atoms with E-state index >= 15 is 0 Å². The van der Waals surface area contributed by atoms with Gasteiger partial charge in [-0.3, -0.25) is 0 Å². The van der Waals surface area contributed by atoms with Crippen LogP contribution < -0.4 is 11.5 Å². The summed E-state index contributed by atoms with van der Waals surface area (Å²) in [6, 6.07) is -0.522. The number of hydrogen-bond donors (Lipinski definition) is 4. The highest BCUT2D eigenvalue weighted by Crippen LogP contribution is 1.98. The van der Waals surface area contributed by atoms with E-state index in [1.54, 1.807) is 0 Å². The Labute approximate surface area is 60.8 Å². The first-order valence-electron chi connectivity index (χ1n) is 3.47. The van der Waals surface area contributed by atoms with Gasteiger partial charge in [-0.2, -0.15) is 0 Å². The van der Waals surface area contributed by atoms with Crippen molar-refractivity contribution in [1.82, 2.24) is 0 Å². The molecule has 0 aromatic rings. The van der Waals surface area contributed by atoms with Gasteiger partial charge < -0.3 is 21.7 Å². The molecule has 0 bridgehead atoms. The molecule has 0 fully saturated rings. The van der Waals surface area contributed by atoms with Crippen LogP contribution in [0, 0.1) is 0 Å². The van der Waals surface area contributed by atoms with Crippen molar-refractivity contribution in [3.63, 3.8) is 0 Å². The summed E-state index contributed by atoms with van der Waals surface area (Å²) in [7, 11) is 0. The Bertz CT molecular complexity index is 80.1. The van der Waals surface area contributed by atoms with Crippen LogP contribution in [0.15, 0.2) is 0 Å². The quantitative estimate of drug-likeness (QED) is 0.378. The number of aliphatic hydroxyl groups is 2. The highest BCUT2D eigenvalue weighted by Gasteiger charge is 2.11. The van der Waals surface area contributed by atoms with Gasteiger partial charge in [-0.25, -0.2) is 0 Å². The monoisotopic (exact) mass is 148 g/mol. The van der Waals surface area contributed by atoms with Crippen molar-refractivity contribution in [2.45, 2.75) is 25.0 Å². The van der Waals surface area contributed by atoms with E-state index in [-0.39, 0.29) is 6.61 Å². The van der Waals surface area contributed by atoms with Crippen LogP contribution in [-0.2, 0) is 0 Å². The fraction of sp³-hybridized carbons (Fsp3) is 1.00. The maximum atomic E-state index is 9.11. The number of nitrogens with two attached hydrogens (primary N) is 2. The van der Waals surface area contributed by atoms with Crippen molar-refractivity contribution in [2.24, 2.45) is 11.5 Å². The predicted molar refractivity (Wildman–Crippen MR) is 39.4 cm³/mol. The first kappa shape index (κ1) is 9.84. The van der Waals surface area contributed by atoms with Gasteiger partial charge in [0.05, 0.1) is 18.8 Å². The Kier molecular flexibility index (Phi) is 5.52. The number of rotatable bonds is 5. The van der Waals surface area contributed by atoms with Crippen LogP contribution in [0.2, 0.25) is 0 Å². The van der Waals surface area contributed by atoms with Crippen molar-refractivity contribution in [3.05, 3.63) is 0 Å². The molecule has 10 heavy (non-hydrogen) atoms. The second kappa shape index (κ2) is 5.61.